The first-order valence-electron chi connectivity index (χ1n) is 10.8. The minimum Gasteiger partial charge on any atom is -0.341 e. The third-order valence-electron chi connectivity index (χ3n) is 5.75. The fourth-order valence-corrected chi connectivity index (χ4v) is 5.76. The van der Waals surface area contributed by atoms with Crippen molar-refractivity contribution in [3.05, 3.63) is 71.8 Å². The van der Waals surface area contributed by atoms with Gasteiger partial charge in [0.1, 0.15) is 6.04 Å². The van der Waals surface area contributed by atoms with Crippen LogP contribution in [-0.2, 0) is 21.4 Å². The SMILES string of the molecule is CC[C@H](C(=O)Nc1ccc2c(c1)c1ccccc1n2CC)N(c1cccc(Cl)c1)S(C)(=O)=O. The second-order valence-electron chi connectivity index (χ2n) is 7.95. The third-order valence-corrected chi connectivity index (χ3v) is 7.16. The van der Waals surface area contributed by atoms with E-state index in [1.54, 1.807) is 31.2 Å². The number of amides is 1. The molecule has 0 saturated carbocycles. The number of carbonyl (C=O) groups is 1. The van der Waals surface area contributed by atoms with Crippen LogP contribution in [0, 0.1) is 0 Å². The molecule has 6 nitrogen and oxygen atoms in total. The highest BCUT2D eigenvalue weighted by molar-refractivity contribution is 7.92. The quantitative estimate of drug-likeness (QED) is 0.369. The molecule has 1 heterocycles. The average Bonchev–Trinajstić information content (AvgIpc) is 3.09. The lowest BCUT2D eigenvalue weighted by Crippen LogP contribution is -2.47. The van der Waals surface area contributed by atoms with Crippen molar-refractivity contribution >= 4 is 60.7 Å². The summed E-state index contributed by atoms with van der Waals surface area (Å²) in [6.07, 6.45) is 1.39. The Morgan fingerprint density at radius 1 is 1.00 bits per heavy atom. The Morgan fingerprint density at radius 2 is 1.73 bits per heavy atom. The van der Waals surface area contributed by atoms with Gasteiger partial charge in [-0.05, 0) is 55.8 Å². The van der Waals surface area contributed by atoms with Crippen LogP contribution in [0.3, 0.4) is 0 Å². The van der Waals surface area contributed by atoms with Gasteiger partial charge < -0.3 is 9.88 Å². The number of rotatable bonds is 7. The predicted octanol–water partition coefficient (Wildman–Crippen LogP) is 5.65. The lowest BCUT2D eigenvalue weighted by molar-refractivity contribution is -0.117. The van der Waals surface area contributed by atoms with E-state index < -0.39 is 22.0 Å². The molecule has 33 heavy (non-hydrogen) atoms. The molecule has 4 aromatic rings. The van der Waals surface area contributed by atoms with Crippen molar-refractivity contribution in [2.24, 2.45) is 0 Å². The number of halogens is 1. The number of nitrogens with one attached hydrogen (secondary N) is 1. The standard InChI is InChI=1S/C25H26ClN3O3S/c1-4-22(29(33(3,31)32)19-10-8-9-17(26)15-19)25(30)27-18-13-14-24-21(16-18)20-11-6-7-12-23(20)28(24)5-2/h6-16,22H,4-5H2,1-3H3,(H,27,30)/t22-/m1/s1. The molecule has 0 aliphatic heterocycles. The number of carbonyl (C=O) groups excluding carboxylic acids is 1. The van der Waals surface area contributed by atoms with Gasteiger partial charge in [-0.1, -0.05) is 42.8 Å². The number of fused-ring (bicyclic) bond motifs is 3. The minimum absolute atomic E-state index is 0.294. The number of aromatic nitrogens is 1. The highest BCUT2D eigenvalue weighted by atomic mass is 35.5. The molecule has 0 fully saturated rings. The number of benzene rings is 3. The molecule has 4 rings (SSSR count). The van der Waals surface area contributed by atoms with Crippen molar-refractivity contribution in [2.45, 2.75) is 32.9 Å². The molecule has 0 radical (unpaired) electrons. The summed E-state index contributed by atoms with van der Waals surface area (Å²) in [4.78, 5) is 13.3. The minimum atomic E-state index is -3.74. The van der Waals surface area contributed by atoms with Gasteiger partial charge in [-0.2, -0.15) is 0 Å². The fraction of sp³-hybridized carbons (Fsp3) is 0.240. The van der Waals surface area contributed by atoms with Crippen LogP contribution in [-0.4, -0.2) is 31.2 Å². The van der Waals surface area contributed by atoms with Crippen molar-refractivity contribution in [2.75, 3.05) is 15.9 Å². The summed E-state index contributed by atoms with van der Waals surface area (Å²) >= 11 is 6.09. The molecule has 1 aromatic heterocycles. The molecule has 1 N–H and O–H groups in total. The monoisotopic (exact) mass is 483 g/mol. The van der Waals surface area contributed by atoms with E-state index in [2.05, 4.69) is 28.9 Å². The molecular weight excluding hydrogens is 458 g/mol. The van der Waals surface area contributed by atoms with Crippen LogP contribution < -0.4 is 9.62 Å². The Labute approximate surface area is 198 Å². The molecule has 0 bridgehead atoms. The summed E-state index contributed by atoms with van der Waals surface area (Å²) in [6.45, 7) is 4.71. The number of sulfonamides is 1. The van der Waals surface area contributed by atoms with Gasteiger partial charge in [0.15, 0.2) is 0 Å². The first kappa shape index (κ1) is 23.1. The van der Waals surface area contributed by atoms with Crippen LogP contribution in [0.2, 0.25) is 5.02 Å². The summed E-state index contributed by atoms with van der Waals surface area (Å²) in [5.74, 6) is -0.401. The Morgan fingerprint density at radius 3 is 2.39 bits per heavy atom. The maximum absolute atomic E-state index is 13.3. The van der Waals surface area contributed by atoms with E-state index in [9.17, 15) is 13.2 Å². The lowest BCUT2D eigenvalue weighted by atomic mass is 10.1. The van der Waals surface area contributed by atoms with Gasteiger partial charge in [-0.25, -0.2) is 8.42 Å². The summed E-state index contributed by atoms with van der Waals surface area (Å²) < 4.78 is 28.7. The molecule has 0 aliphatic rings. The van der Waals surface area contributed by atoms with Crippen molar-refractivity contribution < 1.29 is 13.2 Å². The molecule has 0 spiro atoms. The number of hydrogen-bond acceptors (Lipinski definition) is 3. The van der Waals surface area contributed by atoms with Gasteiger partial charge in [0, 0.05) is 39.1 Å². The molecule has 172 valence electrons. The molecule has 0 saturated heterocycles. The predicted molar refractivity (Wildman–Crippen MR) is 137 cm³/mol. The van der Waals surface area contributed by atoms with Crippen LogP contribution in [0.15, 0.2) is 66.7 Å². The molecule has 0 unspecified atom stereocenters. The number of hydrogen-bond donors (Lipinski definition) is 1. The molecule has 1 atom stereocenters. The Kier molecular flexibility index (Phi) is 6.36. The van der Waals surface area contributed by atoms with E-state index in [0.29, 0.717) is 22.8 Å². The summed E-state index contributed by atoms with van der Waals surface area (Å²) in [7, 11) is -3.74. The molecule has 1 amide bonds. The van der Waals surface area contributed by atoms with Crippen LogP contribution >= 0.6 is 11.6 Å². The maximum Gasteiger partial charge on any atom is 0.248 e. The highest BCUT2D eigenvalue weighted by Gasteiger charge is 2.31. The maximum atomic E-state index is 13.3. The van der Waals surface area contributed by atoms with E-state index in [4.69, 9.17) is 11.6 Å². The second kappa shape index (κ2) is 9.08. The Balaban J connectivity index is 1.72. The average molecular weight is 484 g/mol. The van der Waals surface area contributed by atoms with Gasteiger partial charge in [-0.3, -0.25) is 9.10 Å². The van der Waals surface area contributed by atoms with Crippen molar-refractivity contribution in [1.82, 2.24) is 4.57 Å². The first-order valence-corrected chi connectivity index (χ1v) is 13.0. The zero-order valence-electron chi connectivity index (χ0n) is 18.7. The first-order chi connectivity index (χ1) is 15.7. The molecule has 3 aromatic carbocycles. The van der Waals surface area contributed by atoms with Crippen LogP contribution in [0.1, 0.15) is 20.3 Å². The van der Waals surface area contributed by atoms with Crippen molar-refractivity contribution in [3.63, 3.8) is 0 Å². The molecule has 8 heteroatoms. The van der Waals surface area contributed by atoms with E-state index in [-0.39, 0.29) is 0 Å². The molecule has 0 aliphatic carbocycles. The van der Waals surface area contributed by atoms with Gasteiger partial charge in [0.25, 0.3) is 0 Å². The Bertz CT molecular complexity index is 1450. The van der Waals surface area contributed by atoms with Crippen molar-refractivity contribution in [1.29, 1.82) is 0 Å². The van der Waals surface area contributed by atoms with Gasteiger partial charge >= 0.3 is 0 Å². The zero-order chi connectivity index (χ0) is 23.8. The lowest BCUT2D eigenvalue weighted by Gasteiger charge is -2.30. The number of aryl methyl sites for hydroxylation is 1. The zero-order valence-corrected chi connectivity index (χ0v) is 20.3. The van der Waals surface area contributed by atoms with E-state index in [0.717, 1.165) is 38.9 Å². The highest BCUT2D eigenvalue weighted by Crippen LogP contribution is 2.31. The smallest absolute Gasteiger partial charge is 0.248 e. The van der Waals surface area contributed by atoms with E-state index >= 15 is 0 Å². The number of anilines is 2. The third kappa shape index (κ3) is 4.43. The van der Waals surface area contributed by atoms with Gasteiger partial charge in [-0.15, -0.1) is 0 Å². The van der Waals surface area contributed by atoms with Gasteiger partial charge in [0.05, 0.1) is 11.9 Å². The normalized spacial score (nSPS) is 12.7. The fourth-order valence-electron chi connectivity index (χ4n) is 4.37. The second-order valence-corrected chi connectivity index (χ2v) is 10.2. The van der Waals surface area contributed by atoms with Crippen molar-refractivity contribution in [3.8, 4) is 0 Å². The number of para-hydroxylation sites is 1. The Hall–Kier alpha value is -3.03. The van der Waals surface area contributed by atoms with E-state index in [1.165, 1.54) is 0 Å². The van der Waals surface area contributed by atoms with E-state index in [1.807, 2.05) is 30.3 Å². The van der Waals surface area contributed by atoms with Gasteiger partial charge in [0.2, 0.25) is 15.9 Å². The summed E-state index contributed by atoms with van der Waals surface area (Å²) in [6, 6.07) is 19.5. The largest absolute Gasteiger partial charge is 0.341 e. The van der Waals surface area contributed by atoms with Crippen LogP contribution in [0.25, 0.3) is 21.8 Å². The summed E-state index contributed by atoms with van der Waals surface area (Å²) in [5, 5.41) is 5.47. The van der Waals surface area contributed by atoms with Crippen LogP contribution in [0.4, 0.5) is 11.4 Å². The topological polar surface area (TPSA) is 71.4 Å². The number of nitrogens with zero attached hydrogens (tertiary/aromatic N) is 2. The molecular formula is C25H26ClN3O3S. The summed E-state index contributed by atoms with van der Waals surface area (Å²) in [5.41, 5.74) is 3.19. The van der Waals surface area contributed by atoms with Crippen LogP contribution in [0.5, 0.6) is 0 Å².